The Hall–Kier alpha value is -0.900. The second-order valence-corrected chi connectivity index (χ2v) is 5.03. The molecule has 0 saturated carbocycles. The van der Waals surface area contributed by atoms with Crippen LogP contribution in [-0.4, -0.2) is 54.2 Å². The normalized spacial score (nSPS) is 24.8. The van der Waals surface area contributed by atoms with E-state index >= 15 is 0 Å². The van der Waals surface area contributed by atoms with E-state index in [1.165, 1.54) is 5.56 Å². The van der Waals surface area contributed by atoms with Crippen LogP contribution in [0, 0.1) is 0 Å². The monoisotopic (exact) mass is 234 g/mol. The van der Waals surface area contributed by atoms with E-state index in [9.17, 15) is 5.11 Å². The zero-order valence-electron chi connectivity index (χ0n) is 10.7. The summed E-state index contributed by atoms with van der Waals surface area (Å²) in [5.41, 5.74) is 1.35. The van der Waals surface area contributed by atoms with Crippen molar-refractivity contribution in [2.24, 2.45) is 0 Å². The molecule has 0 amide bonds. The van der Waals surface area contributed by atoms with Gasteiger partial charge in [0.05, 0.1) is 6.10 Å². The number of likely N-dealkylation sites (N-methyl/N-ethyl adjacent to an activating group) is 1. The average molecular weight is 234 g/mol. The fourth-order valence-electron chi connectivity index (χ4n) is 2.51. The van der Waals surface area contributed by atoms with Gasteiger partial charge >= 0.3 is 0 Å². The third-order valence-electron chi connectivity index (χ3n) is 3.38. The SMILES string of the molecule is C[C@H](O)CN1CCN(C)CC1c1ccccc1. The first-order chi connectivity index (χ1) is 8.16. The fourth-order valence-corrected chi connectivity index (χ4v) is 2.51. The number of aliphatic hydroxyl groups is 1. The summed E-state index contributed by atoms with van der Waals surface area (Å²) in [7, 11) is 2.16. The Labute approximate surface area is 104 Å². The lowest BCUT2D eigenvalue weighted by atomic mass is 10.0. The van der Waals surface area contributed by atoms with Gasteiger partial charge in [-0.05, 0) is 19.5 Å². The number of hydrogen-bond acceptors (Lipinski definition) is 3. The summed E-state index contributed by atoms with van der Waals surface area (Å²) in [6, 6.07) is 11.0. The van der Waals surface area contributed by atoms with Crippen LogP contribution in [0.3, 0.4) is 0 Å². The van der Waals surface area contributed by atoms with Gasteiger partial charge in [-0.25, -0.2) is 0 Å². The van der Waals surface area contributed by atoms with Gasteiger partial charge in [-0.15, -0.1) is 0 Å². The highest BCUT2D eigenvalue weighted by atomic mass is 16.3. The smallest absolute Gasteiger partial charge is 0.0639 e. The summed E-state index contributed by atoms with van der Waals surface area (Å²) in [6.07, 6.45) is -0.260. The quantitative estimate of drug-likeness (QED) is 0.855. The Kier molecular flexibility index (Phi) is 4.15. The maximum Gasteiger partial charge on any atom is 0.0639 e. The number of nitrogens with zero attached hydrogens (tertiary/aromatic N) is 2. The predicted octanol–water partition coefficient (Wildman–Crippen LogP) is 1.36. The van der Waals surface area contributed by atoms with Crippen molar-refractivity contribution >= 4 is 0 Å². The van der Waals surface area contributed by atoms with E-state index in [1.807, 2.05) is 6.92 Å². The molecular weight excluding hydrogens is 212 g/mol. The van der Waals surface area contributed by atoms with E-state index in [-0.39, 0.29) is 6.10 Å². The Morgan fingerprint density at radius 1 is 1.29 bits per heavy atom. The molecule has 2 atom stereocenters. The van der Waals surface area contributed by atoms with Crippen LogP contribution in [-0.2, 0) is 0 Å². The van der Waals surface area contributed by atoms with E-state index in [0.29, 0.717) is 6.04 Å². The van der Waals surface area contributed by atoms with Gasteiger partial charge in [0.2, 0.25) is 0 Å². The van der Waals surface area contributed by atoms with Gasteiger partial charge in [-0.3, -0.25) is 4.90 Å². The Balaban J connectivity index is 2.14. The first kappa shape index (κ1) is 12.6. The molecule has 0 bridgehead atoms. The van der Waals surface area contributed by atoms with Crippen molar-refractivity contribution in [3.63, 3.8) is 0 Å². The van der Waals surface area contributed by atoms with Crippen LogP contribution in [0.2, 0.25) is 0 Å². The molecule has 3 nitrogen and oxygen atoms in total. The molecule has 1 aliphatic rings. The van der Waals surface area contributed by atoms with Gasteiger partial charge in [0, 0.05) is 32.2 Å². The third kappa shape index (κ3) is 3.28. The van der Waals surface area contributed by atoms with E-state index in [0.717, 1.165) is 26.2 Å². The van der Waals surface area contributed by atoms with E-state index in [4.69, 9.17) is 0 Å². The first-order valence-corrected chi connectivity index (χ1v) is 6.32. The largest absolute Gasteiger partial charge is 0.392 e. The van der Waals surface area contributed by atoms with Gasteiger partial charge in [-0.2, -0.15) is 0 Å². The molecule has 17 heavy (non-hydrogen) atoms. The van der Waals surface area contributed by atoms with Gasteiger partial charge in [-0.1, -0.05) is 30.3 Å². The number of benzene rings is 1. The lowest BCUT2D eigenvalue weighted by Gasteiger charge is -2.40. The van der Waals surface area contributed by atoms with Gasteiger partial charge < -0.3 is 10.0 Å². The van der Waals surface area contributed by atoms with Gasteiger partial charge in [0.1, 0.15) is 0 Å². The number of piperazine rings is 1. The highest BCUT2D eigenvalue weighted by Crippen LogP contribution is 2.24. The van der Waals surface area contributed by atoms with Crippen LogP contribution in [0.15, 0.2) is 30.3 Å². The summed E-state index contributed by atoms with van der Waals surface area (Å²) in [5, 5.41) is 9.58. The summed E-state index contributed by atoms with van der Waals surface area (Å²) in [6.45, 7) is 5.77. The molecule has 1 unspecified atom stereocenters. The zero-order chi connectivity index (χ0) is 12.3. The van der Waals surface area contributed by atoms with Crippen LogP contribution in [0.4, 0.5) is 0 Å². The van der Waals surface area contributed by atoms with Crippen LogP contribution >= 0.6 is 0 Å². The maximum atomic E-state index is 9.58. The maximum absolute atomic E-state index is 9.58. The molecule has 1 N–H and O–H groups in total. The minimum atomic E-state index is -0.260. The summed E-state index contributed by atoms with van der Waals surface area (Å²) < 4.78 is 0. The van der Waals surface area contributed by atoms with Crippen molar-refractivity contribution in [1.29, 1.82) is 0 Å². The molecule has 1 saturated heterocycles. The molecule has 1 aliphatic heterocycles. The molecule has 1 aromatic carbocycles. The van der Waals surface area contributed by atoms with Crippen molar-refractivity contribution in [2.75, 3.05) is 33.2 Å². The highest BCUT2D eigenvalue weighted by Gasteiger charge is 2.26. The van der Waals surface area contributed by atoms with Crippen molar-refractivity contribution in [3.05, 3.63) is 35.9 Å². The number of rotatable bonds is 3. The van der Waals surface area contributed by atoms with E-state index in [1.54, 1.807) is 0 Å². The third-order valence-corrected chi connectivity index (χ3v) is 3.38. The Morgan fingerprint density at radius 2 is 2.00 bits per heavy atom. The fraction of sp³-hybridized carbons (Fsp3) is 0.571. The van der Waals surface area contributed by atoms with E-state index < -0.39 is 0 Å². The second-order valence-electron chi connectivity index (χ2n) is 5.03. The van der Waals surface area contributed by atoms with Crippen LogP contribution in [0.1, 0.15) is 18.5 Å². The molecule has 1 heterocycles. The highest BCUT2D eigenvalue weighted by molar-refractivity contribution is 5.20. The van der Waals surface area contributed by atoms with Crippen molar-refractivity contribution in [3.8, 4) is 0 Å². The standard InChI is InChI=1S/C14H22N2O/c1-12(17)10-16-9-8-15(2)11-14(16)13-6-4-3-5-7-13/h3-7,12,14,17H,8-11H2,1-2H3/t12-,14?/m0/s1. The summed E-state index contributed by atoms with van der Waals surface area (Å²) >= 11 is 0. The molecular formula is C14H22N2O. The van der Waals surface area contributed by atoms with Gasteiger partial charge in [0.15, 0.2) is 0 Å². The molecule has 94 valence electrons. The Bertz CT molecular complexity index is 339. The number of hydrogen-bond donors (Lipinski definition) is 1. The number of aliphatic hydroxyl groups excluding tert-OH is 1. The summed E-state index contributed by atoms with van der Waals surface area (Å²) in [5.74, 6) is 0. The molecule has 0 aromatic heterocycles. The lowest BCUT2D eigenvalue weighted by Crippen LogP contribution is -2.48. The minimum absolute atomic E-state index is 0.260. The van der Waals surface area contributed by atoms with Crippen molar-refractivity contribution < 1.29 is 5.11 Å². The molecule has 1 aromatic rings. The minimum Gasteiger partial charge on any atom is -0.392 e. The predicted molar refractivity (Wildman–Crippen MR) is 69.9 cm³/mol. The molecule has 3 heteroatoms. The zero-order valence-corrected chi connectivity index (χ0v) is 10.7. The molecule has 2 rings (SSSR count). The lowest BCUT2D eigenvalue weighted by molar-refractivity contribution is 0.0468. The van der Waals surface area contributed by atoms with Crippen LogP contribution < -0.4 is 0 Å². The average Bonchev–Trinajstić information content (AvgIpc) is 2.32. The molecule has 0 radical (unpaired) electrons. The van der Waals surface area contributed by atoms with Crippen LogP contribution in [0.5, 0.6) is 0 Å². The van der Waals surface area contributed by atoms with Gasteiger partial charge in [0.25, 0.3) is 0 Å². The molecule has 0 aliphatic carbocycles. The van der Waals surface area contributed by atoms with Crippen molar-refractivity contribution in [2.45, 2.75) is 19.1 Å². The topological polar surface area (TPSA) is 26.7 Å². The molecule has 0 spiro atoms. The number of β-amino-alcohol motifs (C(OH)–C–C–N with tert-alkyl or cyclic N) is 1. The van der Waals surface area contributed by atoms with Crippen LogP contribution in [0.25, 0.3) is 0 Å². The Morgan fingerprint density at radius 3 is 2.65 bits per heavy atom. The van der Waals surface area contributed by atoms with Crippen molar-refractivity contribution in [1.82, 2.24) is 9.80 Å². The summed E-state index contributed by atoms with van der Waals surface area (Å²) in [4.78, 5) is 4.75. The first-order valence-electron chi connectivity index (χ1n) is 6.32. The van der Waals surface area contributed by atoms with E-state index in [2.05, 4.69) is 47.2 Å². The second kappa shape index (κ2) is 5.63. The molecule has 1 fully saturated rings.